The molecule has 1 aromatic rings. The Bertz CT molecular complexity index is 566. The molecule has 1 N–H and O–H groups in total. The lowest BCUT2D eigenvalue weighted by Gasteiger charge is -2.32. The lowest BCUT2D eigenvalue weighted by atomic mass is 9.97. The Morgan fingerprint density at radius 1 is 1.39 bits per heavy atom. The van der Waals surface area contributed by atoms with Crippen LogP contribution in [0.5, 0.6) is 0 Å². The van der Waals surface area contributed by atoms with Gasteiger partial charge in [0.2, 0.25) is 5.95 Å². The number of aromatic nitrogens is 2. The van der Waals surface area contributed by atoms with E-state index in [1.54, 1.807) is 12.4 Å². The van der Waals surface area contributed by atoms with E-state index in [0.29, 0.717) is 24.0 Å². The lowest BCUT2D eigenvalue weighted by Crippen LogP contribution is -2.40. The van der Waals surface area contributed by atoms with Gasteiger partial charge < -0.3 is 15.0 Å². The van der Waals surface area contributed by atoms with Gasteiger partial charge >= 0.3 is 6.09 Å². The molecule has 0 atom stereocenters. The number of carbonyl (C=O) groups excluding carboxylic acids is 1. The van der Waals surface area contributed by atoms with Crippen molar-refractivity contribution >= 4 is 12.0 Å². The zero-order valence-electron chi connectivity index (χ0n) is 13.9. The molecule has 2 rings (SSSR count). The minimum atomic E-state index is -0.472. The van der Waals surface area contributed by atoms with Crippen molar-refractivity contribution < 1.29 is 9.53 Å². The van der Waals surface area contributed by atoms with Gasteiger partial charge in [-0.1, -0.05) is 0 Å². The van der Waals surface area contributed by atoms with Crippen molar-refractivity contribution in [2.45, 2.75) is 39.2 Å². The van der Waals surface area contributed by atoms with Crippen LogP contribution in [-0.4, -0.2) is 41.3 Å². The molecule has 0 spiro atoms. The van der Waals surface area contributed by atoms with Crippen LogP contribution in [0.15, 0.2) is 12.4 Å². The van der Waals surface area contributed by atoms with Crippen molar-refractivity contribution in [1.82, 2.24) is 15.3 Å². The average Bonchev–Trinajstić information content (AvgIpc) is 2.52. The third-order valence-corrected chi connectivity index (χ3v) is 3.60. The summed E-state index contributed by atoms with van der Waals surface area (Å²) in [5.41, 5.74) is -0.00870. The van der Waals surface area contributed by atoms with E-state index in [2.05, 4.69) is 20.2 Å². The van der Waals surface area contributed by atoms with Crippen molar-refractivity contribution in [2.24, 2.45) is 5.92 Å². The van der Waals surface area contributed by atoms with E-state index in [-0.39, 0.29) is 6.09 Å². The summed E-state index contributed by atoms with van der Waals surface area (Å²) in [6, 6.07) is 2.01. The van der Waals surface area contributed by atoms with E-state index in [9.17, 15) is 4.79 Å². The van der Waals surface area contributed by atoms with Gasteiger partial charge in [0, 0.05) is 19.6 Å². The highest BCUT2D eigenvalue weighted by Gasteiger charge is 2.22. The molecular formula is C16H23N5O2. The predicted molar refractivity (Wildman–Crippen MR) is 85.9 cm³/mol. The quantitative estimate of drug-likeness (QED) is 0.918. The number of anilines is 1. The largest absolute Gasteiger partial charge is 0.444 e. The van der Waals surface area contributed by atoms with Gasteiger partial charge in [0.15, 0.2) is 0 Å². The Hall–Kier alpha value is -2.36. The SMILES string of the molecule is CC(C)(C)OC(=O)NCC1CCN(c2ncc(C#N)cn2)CC1. The number of nitrogens with one attached hydrogen (secondary N) is 1. The van der Waals surface area contributed by atoms with E-state index in [1.165, 1.54) is 0 Å². The Balaban J connectivity index is 1.75. The van der Waals surface area contributed by atoms with Crippen molar-refractivity contribution in [1.29, 1.82) is 5.26 Å². The van der Waals surface area contributed by atoms with Crippen LogP contribution in [0, 0.1) is 17.2 Å². The minimum Gasteiger partial charge on any atom is -0.444 e. The average molecular weight is 317 g/mol. The van der Waals surface area contributed by atoms with Gasteiger partial charge in [-0.05, 0) is 39.5 Å². The van der Waals surface area contributed by atoms with Crippen LogP contribution in [0.2, 0.25) is 0 Å². The fourth-order valence-electron chi connectivity index (χ4n) is 2.42. The monoisotopic (exact) mass is 317 g/mol. The Labute approximate surface area is 136 Å². The van der Waals surface area contributed by atoms with E-state index >= 15 is 0 Å². The zero-order valence-corrected chi connectivity index (χ0v) is 13.9. The summed E-state index contributed by atoms with van der Waals surface area (Å²) in [5, 5.41) is 11.6. The zero-order chi connectivity index (χ0) is 16.9. The predicted octanol–water partition coefficient (Wildman–Crippen LogP) is 2.09. The number of alkyl carbamates (subject to hydrolysis) is 1. The van der Waals surface area contributed by atoms with Crippen LogP contribution in [0.25, 0.3) is 0 Å². The van der Waals surface area contributed by atoms with Crippen LogP contribution >= 0.6 is 0 Å². The van der Waals surface area contributed by atoms with Gasteiger partial charge in [-0.2, -0.15) is 5.26 Å². The molecule has 7 heteroatoms. The number of nitriles is 1. The number of amides is 1. The normalized spacial score (nSPS) is 15.8. The lowest BCUT2D eigenvalue weighted by molar-refractivity contribution is 0.0517. The summed E-state index contributed by atoms with van der Waals surface area (Å²) in [4.78, 5) is 22.2. The van der Waals surface area contributed by atoms with Crippen LogP contribution in [-0.2, 0) is 4.74 Å². The van der Waals surface area contributed by atoms with Crippen molar-refractivity contribution in [3.05, 3.63) is 18.0 Å². The number of hydrogen-bond acceptors (Lipinski definition) is 6. The second-order valence-corrected chi connectivity index (χ2v) is 6.70. The van der Waals surface area contributed by atoms with Gasteiger partial charge in [-0.3, -0.25) is 0 Å². The maximum absolute atomic E-state index is 11.7. The first-order chi connectivity index (χ1) is 10.9. The molecule has 1 aromatic heterocycles. The van der Waals surface area contributed by atoms with Gasteiger partial charge in [-0.25, -0.2) is 14.8 Å². The number of carbonyl (C=O) groups is 1. The summed E-state index contributed by atoms with van der Waals surface area (Å²) in [6.07, 6.45) is 4.63. The molecule has 0 bridgehead atoms. The molecule has 0 radical (unpaired) electrons. The number of ether oxygens (including phenoxy) is 1. The van der Waals surface area contributed by atoms with Crippen LogP contribution < -0.4 is 10.2 Å². The molecule has 1 aliphatic rings. The van der Waals surface area contributed by atoms with Crippen LogP contribution in [0.4, 0.5) is 10.7 Å². The van der Waals surface area contributed by atoms with Crippen molar-refractivity contribution in [3.63, 3.8) is 0 Å². The molecular weight excluding hydrogens is 294 g/mol. The first kappa shape index (κ1) is 17.0. The smallest absolute Gasteiger partial charge is 0.407 e. The summed E-state index contributed by atoms with van der Waals surface area (Å²) < 4.78 is 5.23. The second-order valence-electron chi connectivity index (χ2n) is 6.70. The maximum Gasteiger partial charge on any atom is 0.407 e. The first-order valence-electron chi connectivity index (χ1n) is 7.81. The Morgan fingerprint density at radius 2 is 2.00 bits per heavy atom. The van der Waals surface area contributed by atoms with Gasteiger partial charge in [-0.15, -0.1) is 0 Å². The van der Waals surface area contributed by atoms with Gasteiger partial charge in [0.05, 0.1) is 18.0 Å². The summed E-state index contributed by atoms with van der Waals surface area (Å²) in [7, 11) is 0. The van der Waals surface area contributed by atoms with E-state index in [0.717, 1.165) is 25.9 Å². The first-order valence-corrected chi connectivity index (χ1v) is 7.81. The van der Waals surface area contributed by atoms with Crippen LogP contribution in [0.1, 0.15) is 39.2 Å². The summed E-state index contributed by atoms with van der Waals surface area (Å²) in [5.74, 6) is 1.08. The Kier molecular flexibility index (Phi) is 5.37. The molecule has 7 nitrogen and oxygen atoms in total. The highest BCUT2D eigenvalue weighted by molar-refractivity contribution is 5.67. The van der Waals surface area contributed by atoms with Gasteiger partial charge in [0.25, 0.3) is 0 Å². The van der Waals surface area contributed by atoms with Crippen molar-refractivity contribution in [2.75, 3.05) is 24.5 Å². The molecule has 0 aliphatic carbocycles. The Morgan fingerprint density at radius 3 is 2.52 bits per heavy atom. The highest BCUT2D eigenvalue weighted by atomic mass is 16.6. The fraction of sp³-hybridized carbons (Fsp3) is 0.625. The summed E-state index contributed by atoms with van der Waals surface area (Å²) in [6.45, 7) is 7.85. The second kappa shape index (κ2) is 7.27. The molecule has 1 saturated heterocycles. The molecule has 124 valence electrons. The number of rotatable bonds is 3. The maximum atomic E-state index is 11.7. The molecule has 23 heavy (non-hydrogen) atoms. The van der Waals surface area contributed by atoms with Gasteiger partial charge in [0.1, 0.15) is 11.7 Å². The highest BCUT2D eigenvalue weighted by Crippen LogP contribution is 2.20. The topological polar surface area (TPSA) is 91.1 Å². The summed E-state index contributed by atoms with van der Waals surface area (Å²) >= 11 is 0. The van der Waals surface area contributed by atoms with Crippen molar-refractivity contribution in [3.8, 4) is 6.07 Å². The third-order valence-electron chi connectivity index (χ3n) is 3.60. The van der Waals surface area contributed by atoms with E-state index in [4.69, 9.17) is 10.00 Å². The van der Waals surface area contributed by atoms with E-state index < -0.39 is 5.60 Å². The minimum absolute atomic E-state index is 0.365. The number of nitrogens with zero attached hydrogens (tertiary/aromatic N) is 4. The molecule has 0 saturated carbocycles. The number of piperidine rings is 1. The molecule has 1 amide bonds. The molecule has 0 aromatic carbocycles. The molecule has 0 unspecified atom stereocenters. The fourth-order valence-corrected chi connectivity index (χ4v) is 2.42. The molecule has 2 heterocycles. The third kappa shape index (κ3) is 5.40. The standard InChI is InChI=1S/C16H23N5O2/c1-16(2,3)23-15(22)20-9-12-4-6-21(7-5-12)14-18-10-13(8-17)11-19-14/h10-12H,4-7,9H2,1-3H3,(H,20,22). The molecule has 1 fully saturated rings. The van der Waals surface area contributed by atoms with Crippen LogP contribution in [0.3, 0.4) is 0 Å². The van der Waals surface area contributed by atoms with E-state index in [1.807, 2.05) is 26.8 Å². The number of hydrogen-bond donors (Lipinski definition) is 1. The molecule has 1 aliphatic heterocycles.